The first kappa shape index (κ1) is 14.6. The molecule has 106 valence electrons. The zero-order valence-corrected chi connectivity index (χ0v) is 11.2. The average molecular weight is 298 g/mol. The first-order chi connectivity index (χ1) is 9.59. The van der Waals surface area contributed by atoms with Gasteiger partial charge in [0.25, 0.3) is 5.91 Å². The molecule has 1 aromatic carbocycles. The molecule has 2 rings (SSSR count). The Morgan fingerprint density at radius 3 is 2.85 bits per heavy atom. The van der Waals surface area contributed by atoms with Gasteiger partial charge in [-0.05, 0) is 30.7 Å². The number of halogens is 2. The summed E-state index contributed by atoms with van der Waals surface area (Å²) in [5.74, 6) is -0.871. The molecule has 1 heterocycles. The first-order valence-corrected chi connectivity index (χ1v) is 6.41. The molecule has 1 aromatic heterocycles. The predicted molar refractivity (Wildman–Crippen MR) is 72.0 cm³/mol. The van der Waals surface area contributed by atoms with Crippen molar-refractivity contribution >= 4 is 17.5 Å². The minimum absolute atomic E-state index is 0.0501. The highest BCUT2D eigenvalue weighted by atomic mass is 35.5. The van der Waals surface area contributed by atoms with Gasteiger partial charge in [0, 0.05) is 6.54 Å². The summed E-state index contributed by atoms with van der Waals surface area (Å²) in [5, 5.41) is 12.3. The van der Waals surface area contributed by atoms with Crippen molar-refractivity contribution in [1.29, 1.82) is 0 Å². The summed E-state index contributed by atoms with van der Waals surface area (Å²) in [6, 6.07) is 7.33. The third kappa shape index (κ3) is 3.37. The first-order valence-electron chi connectivity index (χ1n) is 6.03. The summed E-state index contributed by atoms with van der Waals surface area (Å²) in [6.45, 7) is 0.172. The Kier molecular flexibility index (Phi) is 4.76. The van der Waals surface area contributed by atoms with Crippen LogP contribution in [0.3, 0.4) is 0 Å². The summed E-state index contributed by atoms with van der Waals surface area (Å²) in [6.07, 6.45) is 0.892. The number of furan rings is 1. The van der Waals surface area contributed by atoms with E-state index in [4.69, 9.17) is 16.0 Å². The van der Waals surface area contributed by atoms with Crippen molar-refractivity contribution in [2.24, 2.45) is 0 Å². The number of carbonyl (C=O) groups is 1. The van der Waals surface area contributed by atoms with Gasteiger partial charge in [-0.25, -0.2) is 4.39 Å². The maximum absolute atomic E-state index is 13.5. The Morgan fingerprint density at radius 2 is 2.20 bits per heavy atom. The van der Waals surface area contributed by atoms with Crippen LogP contribution in [0.1, 0.15) is 28.6 Å². The van der Waals surface area contributed by atoms with Crippen LogP contribution < -0.4 is 5.32 Å². The van der Waals surface area contributed by atoms with Crippen LogP contribution in [0.4, 0.5) is 4.39 Å². The summed E-state index contributed by atoms with van der Waals surface area (Å²) >= 11 is 5.78. The highest BCUT2D eigenvalue weighted by Crippen LogP contribution is 2.19. The quantitative estimate of drug-likeness (QED) is 0.892. The molecule has 1 amide bonds. The summed E-state index contributed by atoms with van der Waals surface area (Å²) in [7, 11) is 0. The molecular weight excluding hydrogens is 285 g/mol. The fraction of sp³-hybridized carbons (Fsp3) is 0.214. The number of carbonyl (C=O) groups excluding carboxylic acids is 1. The molecule has 0 saturated carbocycles. The Bertz CT molecular complexity index is 566. The third-order valence-electron chi connectivity index (χ3n) is 2.76. The Labute approximate surface area is 120 Å². The molecule has 2 aromatic rings. The molecule has 0 saturated heterocycles. The van der Waals surface area contributed by atoms with Crippen LogP contribution in [0.5, 0.6) is 0 Å². The van der Waals surface area contributed by atoms with Gasteiger partial charge in [0.05, 0.1) is 16.8 Å². The van der Waals surface area contributed by atoms with Gasteiger partial charge >= 0.3 is 0 Å². The van der Waals surface area contributed by atoms with Gasteiger partial charge in [-0.15, -0.1) is 0 Å². The van der Waals surface area contributed by atoms with Gasteiger partial charge in [-0.2, -0.15) is 0 Å². The van der Waals surface area contributed by atoms with E-state index >= 15 is 0 Å². The molecule has 0 fully saturated rings. The van der Waals surface area contributed by atoms with Crippen molar-refractivity contribution in [3.05, 3.63) is 58.8 Å². The number of hydrogen-bond donors (Lipinski definition) is 2. The Hall–Kier alpha value is -1.85. The van der Waals surface area contributed by atoms with Crippen LogP contribution >= 0.6 is 11.6 Å². The lowest BCUT2D eigenvalue weighted by atomic mass is 10.1. The Morgan fingerprint density at radius 1 is 1.40 bits per heavy atom. The van der Waals surface area contributed by atoms with Crippen LogP contribution in [0.2, 0.25) is 5.02 Å². The summed E-state index contributed by atoms with van der Waals surface area (Å²) in [4.78, 5) is 11.8. The molecule has 20 heavy (non-hydrogen) atoms. The van der Waals surface area contributed by atoms with E-state index < -0.39 is 17.8 Å². The van der Waals surface area contributed by atoms with Gasteiger partial charge < -0.3 is 14.8 Å². The second kappa shape index (κ2) is 6.54. The van der Waals surface area contributed by atoms with E-state index in [9.17, 15) is 14.3 Å². The maximum atomic E-state index is 13.5. The van der Waals surface area contributed by atoms with Gasteiger partial charge in [0.2, 0.25) is 0 Å². The molecular formula is C14H13ClFNO3. The molecule has 2 N–H and O–H groups in total. The van der Waals surface area contributed by atoms with E-state index in [0.29, 0.717) is 5.76 Å². The van der Waals surface area contributed by atoms with Gasteiger partial charge in [-0.1, -0.05) is 17.7 Å². The largest absolute Gasteiger partial charge is 0.467 e. The number of aliphatic hydroxyl groups excluding tert-OH is 1. The van der Waals surface area contributed by atoms with E-state index in [0.717, 1.165) is 0 Å². The fourth-order valence-corrected chi connectivity index (χ4v) is 2.00. The molecule has 0 aliphatic heterocycles. The van der Waals surface area contributed by atoms with E-state index in [1.807, 2.05) is 0 Å². The normalized spacial score (nSPS) is 12.2. The number of hydrogen-bond acceptors (Lipinski definition) is 3. The fourth-order valence-electron chi connectivity index (χ4n) is 1.75. The highest BCUT2D eigenvalue weighted by molar-refractivity contribution is 6.33. The zero-order valence-electron chi connectivity index (χ0n) is 10.5. The lowest BCUT2D eigenvalue weighted by Crippen LogP contribution is -2.26. The topological polar surface area (TPSA) is 62.5 Å². The van der Waals surface area contributed by atoms with Crippen molar-refractivity contribution < 1.29 is 18.7 Å². The van der Waals surface area contributed by atoms with Crippen molar-refractivity contribution in [2.45, 2.75) is 12.5 Å². The van der Waals surface area contributed by atoms with Crippen molar-refractivity contribution in [3.8, 4) is 0 Å². The molecule has 0 bridgehead atoms. The van der Waals surface area contributed by atoms with Crippen LogP contribution in [0.15, 0.2) is 41.0 Å². The number of benzene rings is 1. The third-order valence-corrected chi connectivity index (χ3v) is 3.08. The number of amides is 1. The average Bonchev–Trinajstić information content (AvgIpc) is 2.92. The molecule has 0 aliphatic rings. The molecule has 0 spiro atoms. The van der Waals surface area contributed by atoms with Crippen molar-refractivity contribution in [1.82, 2.24) is 5.32 Å². The number of aliphatic hydroxyl groups is 1. The molecule has 1 unspecified atom stereocenters. The van der Waals surface area contributed by atoms with Gasteiger partial charge in [-0.3, -0.25) is 4.79 Å². The second-order valence-electron chi connectivity index (χ2n) is 4.17. The van der Waals surface area contributed by atoms with Crippen LogP contribution in [-0.4, -0.2) is 17.6 Å². The van der Waals surface area contributed by atoms with Crippen LogP contribution in [-0.2, 0) is 0 Å². The minimum Gasteiger partial charge on any atom is -0.467 e. The van der Waals surface area contributed by atoms with Crippen molar-refractivity contribution in [3.63, 3.8) is 0 Å². The molecule has 1 atom stereocenters. The minimum atomic E-state index is -0.818. The molecule has 0 aliphatic carbocycles. The lowest BCUT2D eigenvalue weighted by Gasteiger charge is -2.10. The molecule has 4 nitrogen and oxygen atoms in total. The standard InChI is InChI=1S/C14H13ClFNO3/c15-9-3-1-4-10(16)13(9)14(19)17-7-6-11(18)12-5-2-8-20-12/h1-5,8,11,18H,6-7H2,(H,17,19). The van der Waals surface area contributed by atoms with E-state index in [1.165, 1.54) is 24.5 Å². The second-order valence-corrected chi connectivity index (χ2v) is 4.58. The zero-order chi connectivity index (χ0) is 14.5. The number of rotatable bonds is 5. The van der Waals surface area contributed by atoms with Crippen LogP contribution in [0, 0.1) is 5.82 Å². The van der Waals surface area contributed by atoms with Gasteiger partial charge in [0.1, 0.15) is 17.7 Å². The smallest absolute Gasteiger partial charge is 0.255 e. The SMILES string of the molecule is O=C(NCCC(O)c1ccco1)c1c(F)cccc1Cl. The van der Waals surface area contributed by atoms with E-state index in [2.05, 4.69) is 5.32 Å². The van der Waals surface area contributed by atoms with Crippen LogP contribution in [0.25, 0.3) is 0 Å². The molecule has 0 radical (unpaired) electrons. The van der Waals surface area contributed by atoms with E-state index in [1.54, 1.807) is 12.1 Å². The number of nitrogens with one attached hydrogen (secondary N) is 1. The summed E-state index contributed by atoms with van der Waals surface area (Å²) < 4.78 is 18.5. The molecule has 6 heteroatoms. The summed E-state index contributed by atoms with van der Waals surface area (Å²) in [5.41, 5.74) is -0.193. The monoisotopic (exact) mass is 297 g/mol. The van der Waals surface area contributed by atoms with Gasteiger partial charge in [0.15, 0.2) is 0 Å². The lowest BCUT2D eigenvalue weighted by molar-refractivity contribution is 0.0932. The van der Waals surface area contributed by atoms with E-state index in [-0.39, 0.29) is 23.6 Å². The van der Waals surface area contributed by atoms with Crippen molar-refractivity contribution in [2.75, 3.05) is 6.54 Å². The maximum Gasteiger partial charge on any atom is 0.255 e. The Balaban J connectivity index is 1.90. The highest BCUT2D eigenvalue weighted by Gasteiger charge is 2.16. The predicted octanol–water partition coefficient (Wildman–Crippen LogP) is 2.93.